The minimum absolute atomic E-state index is 0.0440. The summed E-state index contributed by atoms with van der Waals surface area (Å²) in [4.78, 5) is 15.4. The molecule has 0 radical (unpaired) electrons. The quantitative estimate of drug-likeness (QED) is 0.552. The van der Waals surface area contributed by atoms with Crippen LogP contribution in [0.3, 0.4) is 0 Å². The number of nitrogens with zero attached hydrogens (tertiary/aromatic N) is 4. The van der Waals surface area contributed by atoms with Crippen LogP contribution in [0, 0.1) is 0 Å². The Morgan fingerprint density at radius 2 is 2.10 bits per heavy atom. The van der Waals surface area contributed by atoms with Gasteiger partial charge in [-0.1, -0.05) is 17.7 Å². The highest BCUT2D eigenvalue weighted by Crippen LogP contribution is 2.46. The van der Waals surface area contributed by atoms with Gasteiger partial charge in [0.25, 0.3) is 0 Å². The molecule has 4 rings (SSSR count). The van der Waals surface area contributed by atoms with Crippen LogP contribution in [0.2, 0.25) is 10.4 Å². The molecule has 6 heteroatoms. The molecule has 2 aliphatic rings. The molecule has 0 bridgehead atoms. The second-order valence-corrected chi connectivity index (χ2v) is 6.47. The number of hydrogen-bond acceptors (Lipinski definition) is 4. The molecule has 1 atom stereocenters. The van der Waals surface area contributed by atoms with Gasteiger partial charge in [0.05, 0.1) is 11.2 Å². The van der Waals surface area contributed by atoms with Crippen LogP contribution in [0.5, 0.6) is 0 Å². The first-order valence-corrected chi connectivity index (χ1v) is 7.72. The first-order chi connectivity index (χ1) is 10.1. The zero-order valence-corrected chi connectivity index (χ0v) is 13.1. The molecule has 4 nitrogen and oxygen atoms in total. The average molecular weight is 321 g/mol. The summed E-state index contributed by atoms with van der Waals surface area (Å²) in [5, 5.41) is 0.693. The van der Waals surface area contributed by atoms with Crippen LogP contribution < -0.4 is 0 Å². The van der Waals surface area contributed by atoms with E-state index >= 15 is 0 Å². The number of fused-ring (bicyclic) bond motifs is 3. The molecular formula is C15H14Cl2N4. The summed E-state index contributed by atoms with van der Waals surface area (Å²) in [5.41, 5.74) is 4.42. The molecule has 1 aliphatic carbocycles. The van der Waals surface area contributed by atoms with Crippen molar-refractivity contribution in [3.05, 3.63) is 51.3 Å². The predicted octanol–water partition coefficient (Wildman–Crippen LogP) is 3.01. The Labute approximate surface area is 133 Å². The Bertz CT molecular complexity index is 734. The van der Waals surface area contributed by atoms with Crippen molar-refractivity contribution in [2.24, 2.45) is 0 Å². The molecule has 0 aromatic carbocycles. The summed E-state index contributed by atoms with van der Waals surface area (Å²) in [6.07, 6.45) is 4.72. The van der Waals surface area contributed by atoms with Gasteiger partial charge in [-0.15, -0.1) is 0 Å². The van der Waals surface area contributed by atoms with Crippen molar-refractivity contribution in [3.63, 3.8) is 0 Å². The lowest BCUT2D eigenvalue weighted by Gasteiger charge is -2.43. The molecule has 0 saturated heterocycles. The first kappa shape index (κ1) is 13.4. The molecule has 21 heavy (non-hydrogen) atoms. The summed E-state index contributed by atoms with van der Waals surface area (Å²) >= 11 is 12.2. The van der Waals surface area contributed by atoms with Crippen molar-refractivity contribution in [1.82, 2.24) is 19.9 Å². The lowest BCUT2D eigenvalue weighted by molar-refractivity contribution is 0.0930. The van der Waals surface area contributed by atoms with Gasteiger partial charge in [0, 0.05) is 30.4 Å². The van der Waals surface area contributed by atoms with Gasteiger partial charge < -0.3 is 0 Å². The third-order valence-electron chi connectivity index (χ3n) is 4.77. The van der Waals surface area contributed by atoms with E-state index in [0.29, 0.717) is 5.15 Å². The van der Waals surface area contributed by atoms with E-state index in [9.17, 15) is 0 Å². The Morgan fingerprint density at radius 1 is 1.24 bits per heavy atom. The third-order valence-corrected chi connectivity index (χ3v) is 5.25. The first-order valence-electron chi connectivity index (χ1n) is 6.96. The van der Waals surface area contributed by atoms with E-state index in [2.05, 4.69) is 33.0 Å². The molecule has 0 saturated carbocycles. The third kappa shape index (κ3) is 1.90. The standard InChI is InChI=1S/C15H14Cl2N4/c1-21-8-9-12(19-14(17)20-13(9)16)7-15(21)5-4-11-10(15)3-2-6-18-11/h2-3,6H,4-5,7-8H2,1H3. The summed E-state index contributed by atoms with van der Waals surface area (Å²) in [5.74, 6) is 0. The fourth-order valence-electron chi connectivity index (χ4n) is 3.68. The van der Waals surface area contributed by atoms with Gasteiger partial charge in [-0.25, -0.2) is 9.97 Å². The Balaban J connectivity index is 1.87. The van der Waals surface area contributed by atoms with Crippen molar-refractivity contribution in [1.29, 1.82) is 0 Å². The Hall–Kier alpha value is -1.23. The highest BCUT2D eigenvalue weighted by Gasteiger charge is 2.46. The molecule has 0 amide bonds. The summed E-state index contributed by atoms with van der Waals surface area (Å²) < 4.78 is 0. The molecule has 1 aliphatic heterocycles. The molecule has 0 N–H and O–H groups in total. The monoisotopic (exact) mass is 320 g/mol. The highest BCUT2D eigenvalue weighted by atomic mass is 35.5. The Kier molecular flexibility index (Phi) is 2.96. The van der Waals surface area contributed by atoms with E-state index in [1.807, 2.05) is 12.3 Å². The van der Waals surface area contributed by atoms with Crippen LogP contribution in [0.4, 0.5) is 0 Å². The lowest BCUT2D eigenvalue weighted by Crippen LogP contribution is -2.47. The minimum Gasteiger partial charge on any atom is -0.292 e. The molecule has 2 aromatic rings. The summed E-state index contributed by atoms with van der Waals surface area (Å²) in [7, 11) is 2.13. The minimum atomic E-state index is -0.0440. The topological polar surface area (TPSA) is 41.9 Å². The van der Waals surface area contributed by atoms with Crippen molar-refractivity contribution in [2.45, 2.75) is 31.3 Å². The van der Waals surface area contributed by atoms with Crippen LogP contribution in [0.25, 0.3) is 0 Å². The highest BCUT2D eigenvalue weighted by molar-refractivity contribution is 6.32. The van der Waals surface area contributed by atoms with E-state index < -0.39 is 0 Å². The van der Waals surface area contributed by atoms with Gasteiger partial charge in [-0.05, 0) is 43.1 Å². The summed E-state index contributed by atoms with van der Waals surface area (Å²) in [6.45, 7) is 0.736. The van der Waals surface area contributed by atoms with Crippen LogP contribution in [-0.2, 0) is 24.9 Å². The number of aryl methyl sites for hydroxylation is 1. The fourth-order valence-corrected chi connectivity index (χ4v) is 4.15. The van der Waals surface area contributed by atoms with Crippen LogP contribution in [0.1, 0.15) is 28.9 Å². The lowest BCUT2D eigenvalue weighted by atomic mass is 9.81. The van der Waals surface area contributed by atoms with Crippen LogP contribution in [0.15, 0.2) is 18.3 Å². The number of aromatic nitrogens is 3. The number of rotatable bonds is 0. The molecule has 2 aromatic heterocycles. The zero-order valence-electron chi connectivity index (χ0n) is 11.6. The molecule has 0 fully saturated rings. The molecule has 1 spiro atoms. The Morgan fingerprint density at radius 3 is 2.95 bits per heavy atom. The second-order valence-electron chi connectivity index (χ2n) is 5.77. The predicted molar refractivity (Wildman–Crippen MR) is 81.5 cm³/mol. The van der Waals surface area contributed by atoms with Crippen molar-refractivity contribution in [3.8, 4) is 0 Å². The van der Waals surface area contributed by atoms with E-state index in [0.717, 1.165) is 37.1 Å². The van der Waals surface area contributed by atoms with Gasteiger partial charge >= 0.3 is 0 Å². The maximum Gasteiger partial charge on any atom is 0.224 e. The van der Waals surface area contributed by atoms with Crippen molar-refractivity contribution in [2.75, 3.05) is 7.05 Å². The molecule has 108 valence electrons. The number of hydrogen-bond donors (Lipinski definition) is 0. The summed E-state index contributed by atoms with van der Waals surface area (Å²) in [6, 6.07) is 4.19. The van der Waals surface area contributed by atoms with Crippen molar-refractivity contribution >= 4 is 23.2 Å². The average Bonchev–Trinajstić information content (AvgIpc) is 2.82. The maximum atomic E-state index is 6.23. The maximum absolute atomic E-state index is 6.23. The van der Waals surface area contributed by atoms with E-state index in [1.165, 1.54) is 11.3 Å². The number of pyridine rings is 1. The smallest absolute Gasteiger partial charge is 0.224 e. The van der Waals surface area contributed by atoms with Gasteiger partial charge in [-0.2, -0.15) is 0 Å². The number of halogens is 2. The zero-order chi connectivity index (χ0) is 14.6. The van der Waals surface area contributed by atoms with Crippen LogP contribution >= 0.6 is 23.2 Å². The van der Waals surface area contributed by atoms with Gasteiger partial charge in [0.15, 0.2) is 0 Å². The molecule has 3 heterocycles. The molecule has 1 unspecified atom stereocenters. The van der Waals surface area contributed by atoms with Crippen molar-refractivity contribution < 1.29 is 0 Å². The SMILES string of the molecule is CN1Cc2c(Cl)nc(Cl)nc2CC12CCc1ncccc12. The fraction of sp³-hybridized carbons (Fsp3) is 0.400. The van der Waals surface area contributed by atoms with Crippen LogP contribution in [-0.4, -0.2) is 26.9 Å². The largest absolute Gasteiger partial charge is 0.292 e. The molecular weight excluding hydrogens is 307 g/mol. The van der Waals surface area contributed by atoms with E-state index in [4.69, 9.17) is 23.2 Å². The van der Waals surface area contributed by atoms with E-state index in [1.54, 1.807) is 0 Å². The van der Waals surface area contributed by atoms with Gasteiger partial charge in [-0.3, -0.25) is 9.88 Å². The number of likely N-dealkylation sites (N-methyl/N-ethyl adjacent to an activating group) is 1. The van der Waals surface area contributed by atoms with E-state index in [-0.39, 0.29) is 10.8 Å². The van der Waals surface area contributed by atoms with Gasteiger partial charge in [0.2, 0.25) is 5.28 Å². The second kappa shape index (κ2) is 4.63. The van der Waals surface area contributed by atoms with Gasteiger partial charge in [0.1, 0.15) is 5.15 Å². The normalized spacial score (nSPS) is 24.1.